The van der Waals surface area contributed by atoms with Crippen molar-refractivity contribution >= 4 is 11.8 Å². The van der Waals surface area contributed by atoms with Crippen LogP contribution in [0.3, 0.4) is 0 Å². The van der Waals surface area contributed by atoms with Crippen molar-refractivity contribution in [2.75, 3.05) is 20.1 Å². The summed E-state index contributed by atoms with van der Waals surface area (Å²) in [7, 11) is 1.57. The van der Waals surface area contributed by atoms with Crippen LogP contribution in [-0.4, -0.2) is 47.1 Å². The normalized spacial score (nSPS) is 21.8. The zero-order chi connectivity index (χ0) is 14.9. The third-order valence-corrected chi connectivity index (χ3v) is 3.78. The van der Waals surface area contributed by atoms with Gasteiger partial charge in [-0.25, -0.2) is 0 Å². The van der Waals surface area contributed by atoms with E-state index in [9.17, 15) is 19.8 Å². The monoisotopic (exact) mass is 278 g/mol. The molecule has 1 aromatic carbocycles. The number of nitrogens with zero attached hydrogens (tertiary/aromatic N) is 1. The number of hydrogen-bond acceptors (Lipinski definition) is 4. The highest BCUT2D eigenvalue weighted by atomic mass is 16.3. The lowest BCUT2D eigenvalue weighted by atomic mass is 9.89. The third-order valence-electron chi connectivity index (χ3n) is 3.78. The van der Waals surface area contributed by atoms with Gasteiger partial charge in [0.1, 0.15) is 0 Å². The van der Waals surface area contributed by atoms with Gasteiger partial charge in [0.2, 0.25) is 5.91 Å². The molecule has 20 heavy (non-hydrogen) atoms. The van der Waals surface area contributed by atoms with Crippen molar-refractivity contribution in [1.29, 1.82) is 0 Å². The summed E-state index contributed by atoms with van der Waals surface area (Å²) in [5.41, 5.74) is -0.567. The number of rotatable bonds is 2. The van der Waals surface area contributed by atoms with Gasteiger partial charge in [0, 0.05) is 20.1 Å². The van der Waals surface area contributed by atoms with Crippen molar-refractivity contribution in [1.82, 2.24) is 10.2 Å². The minimum absolute atomic E-state index is 0.0474. The van der Waals surface area contributed by atoms with E-state index >= 15 is 0 Å². The fourth-order valence-corrected chi connectivity index (χ4v) is 2.50. The smallest absolute Gasteiger partial charge is 0.257 e. The van der Waals surface area contributed by atoms with Crippen LogP contribution in [0.1, 0.15) is 23.7 Å². The predicted molar refractivity (Wildman–Crippen MR) is 72.5 cm³/mol. The van der Waals surface area contributed by atoms with Crippen LogP contribution in [-0.2, 0) is 4.79 Å². The van der Waals surface area contributed by atoms with Gasteiger partial charge < -0.3 is 20.4 Å². The number of hydrogen-bond donors (Lipinski definition) is 3. The Morgan fingerprint density at radius 3 is 2.70 bits per heavy atom. The van der Waals surface area contributed by atoms with E-state index < -0.39 is 11.2 Å². The average molecular weight is 278 g/mol. The van der Waals surface area contributed by atoms with Crippen molar-refractivity contribution in [2.24, 2.45) is 5.41 Å². The Bertz CT molecular complexity index is 558. The van der Waals surface area contributed by atoms with Gasteiger partial charge in [-0.1, -0.05) is 6.07 Å². The van der Waals surface area contributed by atoms with Crippen molar-refractivity contribution in [3.8, 4) is 11.5 Å². The lowest BCUT2D eigenvalue weighted by molar-refractivity contribution is -0.128. The summed E-state index contributed by atoms with van der Waals surface area (Å²) in [6.45, 7) is 2.54. The number of carbonyl (C=O) groups is 2. The molecule has 1 aliphatic heterocycles. The van der Waals surface area contributed by atoms with Gasteiger partial charge in [0.25, 0.3) is 5.91 Å². The molecule has 1 fully saturated rings. The van der Waals surface area contributed by atoms with E-state index in [-0.39, 0.29) is 23.1 Å². The highest BCUT2D eigenvalue weighted by molar-refractivity contribution is 5.98. The molecule has 0 bridgehead atoms. The molecule has 6 nitrogen and oxygen atoms in total. The number of benzene rings is 1. The van der Waals surface area contributed by atoms with E-state index in [1.165, 1.54) is 23.1 Å². The molecule has 1 saturated heterocycles. The molecule has 108 valence electrons. The highest BCUT2D eigenvalue weighted by Gasteiger charge is 2.42. The maximum absolute atomic E-state index is 12.3. The number of nitrogens with one attached hydrogen (secondary N) is 1. The summed E-state index contributed by atoms with van der Waals surface area (Å²) in [4.78, 5) is 25.7. The summed E-state index contributed by atoms with van der Waals surface area (Å²) in [5, 5.41) is 21.8. The van der Waals surface area contributed by atoms with Crippen LogP contribution in [0.15, 0.2) is 18.2 Å². The summed E-state index contributed by atoms with van der Waals surface area (Å²) in [5.74, 6) is -1.24. The van der Waals surface area contributed by atoms with E-state index in [0.717, 1.165) is 0 Å². The second-order valence-corrected chi connectivity index (χ2v) is 5.29. The van der Waals surface area contributed by atoms with Crippen molar-refractivity contribution < 1.29 is 19.8 Å². The van der Waals surface area contributed by atoms with Crippen molar-refractivity contribution in [3.05, 3.63) is 23.8 Å². The van der Waals surface area contributed by atoms with Crippen LogP contribution in [0, 0.1) is 5.41 Å². The van der Waals surface area contributed by atoms with E-state index in [0.29, 0.717) is 19.5 Å². The van der Waals surface area contributed by atoms with Gasteiger partial charge in [0.05, 0.1) is 11.0 Å². The fourth-order valence-electron chi connectivity index (χ4n) is 2.50. The maximum atomic E-state index is 12.3. The Hall–Kier alpha value is -2.24. The summed E-state index contributed by atoms with van der Waals surface area (Å²) in [6.07, 6.45) is 0.567. The fraction of sp³-hybridized carbons (Fsp3) is 0.429. The summed E-state index contributed by atoms with van der Waals surface area (Å²) in [6, 6.07) is 4.26. The Morgan fingerprint density at radius 2 is 2.05 bits per heavy atom. The van der Waals surface area contributed by atoms with Crippen LogP contribution in [0.2, 0.25) is 0 Å². The summed E-state index contributed by atoms with van der Waals surface area (Å²) < 4.78 is 0. The first-order valence-electron chi connectivity index (χ1n) is 6.41. The Kier molecular flexibility index (Phi) is 3.57. The molecule has 0 aliphatic carbocycles. The maximum Gasteiger partial charge on any atom is 0.257 e. The molecular formula is C14H18N2O4. The zero-order valence-corrected chi connectivity index (χ0v) is 11.5. The molecule has 1 atom stereocenters. The van der Waals surface area contributed by atoms with E-state index in [4.69, 9.17) is 0 Å². The molecule has 2 rings (SSSR count). The molecule has 0 aromatic heterocycles. The lowest BCUT2D eigenvalue weighted by Gasteiger charge is -2.23. The number of likely N-dealkylation sites (tertiary alicyclic amines) is 1. The van der Waals surface area contributed by atoms with Crippen molar-refractivity contribution in [3.63, 3.8) is 0 Å². The summed E-state index contributed by atoms with van der Waals surface area (Å²) >= 11 is 0. The number of aromatic hydroxyl groups is 2. The van der Waals surface area contributed by atoms with Gasteiger partial charge in [-0.2, -0.15) is 0 Å². The SMILES string of the molecule is CNC(=O)C1(C)CCN(C(=O)c2cccc(O)c2O)C1. The van der Waals surface area contributed by atoms with E-state index in [1.54, 1.807) is 14.0 Å². The molecule has 1 heterocycles. The number of para-hydroxylation sites is 1. The Balaban J connectivity index is 2.20. The number of phenolic OH excluding ortho intramolecular Hbond substituents is 2. The Morgan fingerprint density at radius 1 is 1.35 bits per heavy atom. The predicted octanol–water partition coefficient (Wildman–Crippen LogP) is 0.696. The molecule has 3 N–H and O–H groups in total. The van der Waals surface area contributed by atoms with Crippen LogP contribution < -0.4 is 5.32 Å². The molecule has 6 heteroatoms. The number of phenols is 2. The molecule has 0 saturated carbocycles. The van der Waals surface area contributed by atoms with Crippen molar-refractivity contribution in [2.45, 2.75) is 13.3 Å². The van der Waals surface area contributed by atoms with E-state index in [1.807, 2.05) is 0 Å². The standard InChI is InChI=1S/C14H18N2O4/c1-14(13(20)15-2)6-7-16(8-14)12(19)9-4-3-5-10(17)11(9)18/h3-5,17-18H,6-8H2,1-2H3,(H,15,20). The second kappa shape index (κ2) is 5.03. The number of amides is 2. The minimum atomic E-state index is -0.614. The van der Waals surface area contributed by atoms with Gasteiger partial charge in [0.15, 0.2) is 11.5 Å². The van der Waals surface area contributed by atoms with Crippen LogP contribution in [0.5, 0.6) is 11.5 Å². The zero-order valence-electron chi connectivity index (χ0n) is 11.5. The second-order valence-electron chi connectivity index (χ2n) is 5.29. The molecule has 0 spiro atoms. The Labute approximate surface area is 117 Å². The molecule has 1 aromatic rings. The highest BCUT2D eigenvalue weighted by Crippen LogP contribution is 2.34. The topological polar surface area (TPSA) is 89.9 Å². The molecule has 1 unspecified atom stereocenters. The number of carbonyl (C=O) groups excluding carboxylic acids is 2. The van der Waals surface area contributed by atoms with Gasteiger partial charge >= 0.3 is 0 Å². The van der Waals surface area contributed by atoms with Gasteiger partial charge in [-0.15, -0.1) is 0 Å². The van der Waals surface area contributed by atoms with Gasteiger partial charge in [-0.05, 0) is 25.5 Å². The van der Waals surface area contributed by atoms with Gasteiger partial charge in [-0.3, -0.25) is 9.59 Å². The largest absolute Gasteiger partial charge is 0.504 e. The molecule has 0 radical (unpaired) electrons. The van der Waals surface area contributed by atoms with E-state index in [2.05, 4.69) is 5.32 Å². The first kappa shape index (κ1) is 14.2. The average Bonchev–Trinajstić information content (AvgIpc) is 2.84. The molecule has 2 amide bonds. The van der Waals surface area contributed by atoms with Crippen LogP contribution in [0.4, 0.5) is 0 Å². The first-order chi connectivity index (χ1) is 9.39. The quantitative estimate of drug-likeness (QED) is 0.694. The minimum Gasteiger partial charge on any atom is -0.504 e. The van der Waals surface area contributed by atoms with Crippen LogP contribution in [0.25, 0.3) is 0 Å². The first-order valence-corrected chi connectivity index (χ1v) is 6.41. The molecule has 1 aliphatic rings. The van der Waals surface area contributed by atoms with Crippen LogP contribution >= 0.6 is 0 Å². The third kappa shape index (κ3) is 2.29. The lowest BCUT2D eigenvalue weighted by Crippen LogP contribution is -2.40. The molecular weight excluding hydrogens is 260 g/mol.